The Balaban J connectivity index is 1.05. The molecule has 0 saturated carbocycles. The van der Waals surface area contributed by atoms with Gasteiger partial charge in [0.05, 0.1) is 5.69 Å². The van der Waals surface area contributed by atoms with Crippen LogP contribution in [0.5, 0.6) is 0 Å². The third-order valence-corrected chi connectivity index (χ3v) is 12.8. The van der Waals surface area contributed by atoms with Gasteiger partial charge >= 0.3 is 0 Å². The van der Waals surface area contributed by atoms with E-state index in [4.69, 9.17) is 8.83 Å². The Kier molecular flexibility index (Phi) is 5.76. The molecule has 8 aromatic carbocycles. The number of nitrogens with zero attached hydrogens (tertiary/aromatic N) is 2. The predicted molar refractivity (Wildman–Crippen MR) is 233 cm³/mol. The van der Waals surface area contributed by atoms with Crippen molar-refractivity contribution < 1.29 is 8.83 Å². The van der Waals surface area contributed by atoms with E-state index >= 15 is 0 Å². The Morgan fingerprint density at radius 2 is 1.05 bits per heavy atom. The summed E-state index contributed by atoms with van der Waals surface area (Å²) in [5.41, 5.74) is 19.4. The lowest BCUT2D eigenvalue weighted by molar-refractivity contribution is 0.647. The first-order chi connectivity index (χ1) is 27.5. The number of anilines is 6. The second-order valence-corrected chi connectivity index (χ2v) is 16.0. The van der Waals surface area contributed by atoms with Crippen molar-refractivity contribution in [3.05, 3.63) is 175 Å². The second-order valence-electron chi connectivity index (χ2n) is 16.0. The summed E-state index contributed by atoms with van der Waals surface area (Å²) in [6.45, 7) is 4.71. The molecule has 0 fully saturated rings. The highest BCUT2D eigenvalue weighted by molar-refractivity contribution is 7.00. The molecule has 2 aromatic heterocycles. The maximum absolute atomic E-state index is 7.03. The minimum atomic E-state index is -0.108. The first-order valence-corrected chi connectivity index (χ1v) is 19.5. The SMILES string of the molecule is CC1(C)c2ccccc2-c2cc3c(cc21)oc1c(N2c4ccccc4B4c5ccccc5N(c5ccc6c(c5)oc5ccccc56)c5cccc2c54)cccc13. The average molecular weight is 717 g/mol. The van der Waals surface area contributed by atoms with Crippen LogP contribution in [0.4, 0.5) is 34.1 Å². The second kappa shape index (κ2) is 10.6. The lowest BCUT2D eigenvalue weighted by atomic mass is 9.33. The van der Waals surface area contributed by atoms with Gasteiger partial charge in [0.15, 0.2) is 5.58 Å². The van der Waals surface area contributed by atoms with Crippen molar-refractivity contribution in [2.24, 2.45) is 0 Å². The first kappa shape index (κ1) is 30.4. The van der Waals surface area contributed by atoms with Gasteiger partial charge in [0.25, 0.3) is 6.71 Å². The Labute approximate surface area is 323 Å². The number of hydrogen-bond acceptors (Lipinski definition) is 4. The molecule has 13 rings (SSSR count). The van der Waals surface area contributed by atoms with Gasteiger partial charge in [-0.25, -0.2) is 0 Å². The Morgan fingerprint density at radius 1 is 0.429 bits per heavy atom. The van der Waals surface area contributed by atoms with Crippen LogP contribution in [0.25, 0.3) is 55.0 Å². The van der Waals surface area contributed by atoms with Crippen LogP contribution >= 0.6 is 0 Å². The van der Waals surface area contributed by atoms with E-state index in [1.165, 1.54) is 50.0 Å². The fourth-order valence-corrected chi connectivity index (χ4v) is 10.4. The van der Waals surface area contributed by atoms with Crippen LogP contribution in [0, 0.1) is 0 Å². The molecular formula is C51H33BN2O2. The van der Waals surface area contributed by atoms with Gasteiger partial charge in [-0.1, -0.05) is 111 Å². The van der Waals surface area contributed by atoms with Gasteiger partial charge in [0, 0.05) is 61.5 Å². The molecule has 0 unspecified atom stereocenters. The highest BCUT2D eigenvalue weighted by Gasteiger charge is 2.43. The minimum Gasteiger partial charge on any atom is -0.456 e. The average Bonchev–Trinajstić information content (AvgIpc) is 3.87. The van der Waals surface area contributed by atoms with Gasteiger partial charge in [-0.05, 0) is 99.3 Å². The summed E-state index contributed by atoms with van der Waals surface area (Å²) in [5.74, 6) is 0. The molecule has 0 amide bonds. The molecule has 4 heterocycles. The number of benzene rings is 8. The molecule has 0 N–H and O–H groups in total. The van der Waals surface area contributed by atoms with Crippen molar-refractivity contribution in [3.8, 4) is 11.1 Å². The maximum atomic E-state index is 7.03. The molecule has 262 valence electrons. The Hall–Kier alpha value is -6.98. The molecule has 0 atom stereocenters. The summed E-state index contributed by atoms with van der Waals surface area (Å²) in [4.78, 5) is 4.86. The standard InChI is InChI=1S/C51H33BN2O2/c1-51(2)37-16-5-3-13-31(37)35-28-36-34-15-11-23-45(50(34)56-48(36)29-38(35)51)54-42-20-9-7-18-40(42)52-39-17-6-8-19-41(39)53(43-21-12-22-44(54)49(43)52)30-25-26-33-32-14-4-10-24-46(32)55-47(33)27-30/h3-29H,1-2H3. The lowest BCUT2D eigenvalue weighted by Crippen LogP contribution is -2.61. The van der Waals surface area contributed by atoms with E-state index < -0.39 is 0 Å². The van der Waals surface area contributed by atoms with Gasteiger partial charge in [-0.2, -0.15) is 0 Å². The van der Waals surface area contributed by atoms with Crippen molar-refractivity contribution in [2.75, 3.05) is 9.80 Å². The fourth-order valence-electron chi connectivity index (χ4n) is 10.4. The van der Waals surface area contributed by atoms with Crippen molar-refractivity contribution in [2.45, 2.75) is 19.3 Å². The summed E-state index contributed by atoms with van der Waals surface area (Å²) in [6, 6.07) is 59.6. The van der Waals surface area contributed by atoms with E-state index in [1.54, 1.807) is 0 Å². The lowest BCUT2D eigenvalue weighted by Gasteiger charge is -2.43. The molecule has 4 nitrogen and oxygen atoms in total. The zero-order valence-corrected chi connectivity index (χ0v) is 30.9. The zero-order chi connectivity index (χ0) is 36.9. The first-order valence-electron chi connectivity index (χ1n) is 19.5. The number of hydrogen-bond donors (Lipinski definition) is 0. The van der Waals surface area contributed by atoms with Gasteiger partial charge in [-0.3, -0.25) is 0 Å². The van der Waals surface area contributed by atoms with E-state index in [2.05, 4.69) is 175 Å². The quantitative estimate of drug-likeness (QED) is 0.167. The molecule has 5 heteroatoms. The number of furan rings is 2. The summed E-state index contributed by atoms with van der Waals surface area (Å²) in [7, 11) is 0. The summed E-state index contributed by atoms with van der Waals surface area (Å²) in [5, 5.41) is 4.53. The van der Waals surface area contributed by atoms with Crippen LogP contribution in [0.15, 0.2) is 173 Å². The molecule has 0 spiro atoms. The van der Waals surface area contributed by atoms with E-state index in [9.17, 15) is 0 Å². The van der Waals surface area contributed by atoms with Crippen LogP contribution in [0.3, 0.4) is 0 Å². The largest absolute Gasteiger partial charge is 0.456 e. The number of fused-ring (bicyclic) bond motifs is 13. The summed E-state index contributed by atoms with van der Waals surface area (Å²) >= 11 is 0. The topological polar surface area (TPSA) is 32.8 Å². The normalized spacial score (nSPS) is 14.6. The van der Waals surface area contributed by atoms with Crippen molar-refractivity contribution in [1.82, 2.24) is 0 Å². The zero-order valence-electron chi connectivity index (χ0n) is 30.9. The smallest absolute Gasteiger partial charge is 0.252 e. The van der Waals surface area contributed by atoms with Gasteiger partial charge in [0.1, 0.15) is 16.7 Å². The van der Waals surface area contributed by atoms with Crippen molar-refractivity contribution in [3.63, 3.8) is 0 Å². The van der Waals surface area contributed by atoms with Gasteiger partial charge in [0.2, 0.25) is 0 Å². The molecule has 0 bridgehead atoms. The van der Waals surface area contributed by atoms with Crippen LogP contribution in [-0.4, -0.2) is 6.71 Å². The molecule has 1 aliphatic carbocycles. The van der Waals surface area contributed by atoms with Gasteiger partial charge < -0.3 is 18.6 Å². The van der Waals surface area contributed by atoms with Crippen molar-refractivity contribution in [1.29, 1.82) is 0 Å². The predicted octanol–water partition coefficient (Wildman–Crippen LogP) is 11.9. The minimum absolute atomic E-state index is 0.0520. The molecule has 3 aliphatic rings. The van der Waals surface area contributed by atoms with E-state index in [0.717, 1.165) is 66.6 Å². The fraction of sp³-hybridized carbons (Fsp3) is 0.0588. The molecule has 2 aliphatic heterocycles. The molecule has 0 saturated heterocycles. The van der Waals surface area contributed by atoms with Crippen LogP contribution in [0.1, 0.15) is 25.0 Å². The third-order valence-electron chi connectivity index (χ3n) is 12.8. The molecular weight excluding hydrogens is 683 g/mol. The molecule has 10 aromatic rings. The maximum Gasteiger partial charge on any atom is 0.252 e. The third kappa shape index (κ3) is 3.79. The number of para-hydroxylation sites is 4. The van der Waals surface area contributed by atoms with E-state index in [-0.39, 0.29) is 12.1 Å². The highest BCUT2D eigenvalue weighted by atomic mass is 16.3. The summed E-state index contributed by atoms with van der Waals surface area (Å²) < 4.78 is 13.5. The van der Waals surface area contributed by atoms with Crippen LogP contribution in [0.2, 0.25) is 0 Å². The summed E-state index contributed by atoms with van der Waals surface area (Å²) in [6.07, 6.45) is 0. The van der Waals surface area contributed by atoms with E-state index in [0.29, 0.717) is 0 Å². The Bertz CT molecular complexity index is 3330. The Morgan fingerprint density at radius 3 is 1.91 bits per heavy atom. The van der Waals surface area contributed by atoms with Crippen LogP contribution < -0.4 is 26.2 Å². The van der Waals surface area contributed by atoms with Crippen LogP contribution in [-0.2, 0) is 5.41 Å². The number of rotatable bonds is 2. The van der Waals surface area contributed by atoms with E-state index in [1.807, 2.05) is 12.1 Å². The molecule has 56 heavy (non-hydrogen) atoms. The molecule has 0 radical (unpaired) electrons. The van der Waals surface area contributed by atoms with Gasteiger partial charge in [-0.15, -0.1) is 0 Å². The van der Waals surface area contributed by atoms with Crippen molar-refractivity contribution >= 4 is 101 Å². The highest BCUT2D eigenvalue weighted by Crippen LogP contribution is 2.52. The monoisotopic (exact) mass is 716 g/mol.